The summed E-state index contributed by atoms with van der Waals surface area (Å²) in [5.41, 5.74) is 6.73. The molecule has 0 radical (unpaired) electrons. The van der Waals surface area contributed by atoms with Gasteiger partial charge in [-0.2, -0.15) is 9.97 Å². The molecule has 0 atom stereocenters. The van der Waals surface area contributed by atoms with Crippen LogP contribution in [0.4, 0.5) is 5.95 Å². The first-order valence-corrected chi connectivity index (χ1v) is 5.78. The lowest BCUT2D eigenvalue weighted by molar-refractivity contribution is 0.409. The molecule has 0 amide bonds. The number of aromatic nitrogens is 3. The van der Waals surface area contributed by atoms with E-state index in [1.54, 1.807) is 7.11 Å². The average Bonchev–Trinajstić information content (AvgIpc) is 2.35. The van der Waals surface area contributed by atoms with E-state index in [9.17, 15) is 0 Å². The van der Waals surface area contributed by atoms with Gasteiger partial charge in [-0.05, 0) is 25.0 Å². The van der Waals surface area contributed by atoms with E-state index in [1.165, 1.54) is 0 Å². The zero-order valence-electron chi connectivity index (χ0n) is 10.6. The molecule has 0 aliphatic rings. The number of ether oxygens (including phenoxy) is 1. The van der Waals surface area contributed by atoms with E-state index in [0.29, 0.717) is 18.1 Å². The summed E-state index contributed by atoms with van der Waals surface area (Å²) in [7, 11) is 1.67. The minimum absolute atomic E-state index is 0.275. The van der Waals surface area contributed by atoms with Crippen molar-refractivity contribution < 1.29 is 4.74 Å². The summed E-state index contributed by atoms with van der Waals surface area (Å²) in [4.78, 5) is 12.3. The second-order valence-electron chi connectivity index (χ2n) is 3.97. The largest absolute Gasteiger partial charge is 0.496 e. The minimum Gasteiger partial charge on any atom is -0.496 e. The van der Waals surface area contributed by atoms with Crippen LogP contribution in [0.25, 0.3) is 0 Å². The smallest absolute Gasteiger partial charge is 0.223 e. The summed E-state index contributed by atoms with van der Waals surface area (Å²) in [6.07, 6.45) is 1.53. The number of aryl methyl sites for hydroxylation is 3. The van der Waals surface area contributed by atoms with Crippen molar-refractivity contribution >= 4 is 5.95 Å². The SMILES string of the molecule is COc1ccccc1CCc1nc(C)nc(N)n1. The second-order valence-corrected chi connectivity index (χ2v) is 3.97. The normalized spacial score (nSPS) is 10.3. The van der Waals surface area contributed by atoms with Crippen LogP contribution >= 0.6 is 0 Å². The monoisotopic (exact) mass is 244 g/mol. The highest BCUT2D eigenvalue weighted by Crippen LogP contribution is 2.18. The molecular weight excluding hydrogens is 228 g/mol. The fraction of sp³-hybridized carbons (Fsp3) is 0.308. The minimum atomic E-state index is 0.275. The molecule has 94 valence electrons. The predicted molar refractivity (Wildman–Crippen MR) is 69.4 cm³/mol. The first-order valence-electron chi connectivity index (χ1n) is 5.78. The van der Waals surface area contributed by atoms with Gasteiger partial charge in [0.2, 0.25) is 5.95 Å². The molecule has 0 bridgehead atoms. The first-order chi connectivity index (χ1) is 8.69. The standard InChI is InChI=1S/C13H16N4O/c1-9-15-12(17-13(14)16-9)8-7-10-5-3-4-6-11(10)18-2/h3-6H,7-8H2,1-2H3,(H2,14,15,16,17). The highest BCUT2D eigenvalue weighted by Gasteiger charge is 2.05. The van der Waals surface area contributed by atoms with Crippen LogP contribution in [-0.4, -0.2) is 22.1 Å². The second kappa shape index (κ2) is 5.44. The van der Waals surface area contributed by atoms with Crippen LogP contribution in [0, 0.1) is 6.92 Å². The molecule has 0 saturated heterocycles. The first kappa shape index (κ1) is 12.3. The third kappa shape index (κ3) is 2.94. The Kier molecular flexibility index (Phi) is 3.72. The van der Waals surface area contributed by atoms with Crippen molar-refractivity contribution in [3.63, 3.8) is 0 Å². The molecule has 5 heteroatoms. The van der Waals surface area contributed by atoms with Gasteiger partial charge in [0.15, 0.2) is 0 Å². The van der Waals surface area contributed by atoms with Crippen LogP contribution in [0.3, 0.4) is 0 Å². The topological polar surface area (TPSA) is 73.9 Å². The van der Waals surface area contributed by atoms with E-state index in [2.05, 4.69) is 15.0 Å². The van der Waals surface area contributed by atoms with Crippen molar-refractivity contribution in [2.24, 2.45) is 0 Å². The lowest BCUT2D eigenvalue weighted by Crippen LogP contribution is -2.06. The Morgan fingerprint density at radius 1 is 1.11 bits per heavy atom. The van der Waals surface area contributed by atoms with Crippen LogP contribution in [0.15, 0.2) is 24.3 Å². The number of para-hydroxylation sites is 1. The highest BCUT2D eigenvalue weighted by molar-refractivity contribution is 5.33. The van der Waals surface area contributed by atoms with Gasteiger partial charge in [0.1, 0.15) is 17.4 Å². The molecule has 0 unspecified atom stereocenters. The number of methoxy groups -OCH3 is 1. The van der Waals surface area contributed by atoms with Gasteiger partial charge in [-0.3, -0.25) is 0 Å². The Labute approximate surface area is 106 Å². The number of nitrogens with zero attached hydrogens (tertiary/aromatic N) is 3. The third-order valence-corrected chi connectivity index (χ3v) is 2.62. The number of benzene rings is 1. The lowest BCUT2D eigenvalue weighted by atomic mass is 10.1. The number of hydrogen-bond acceptors (Lipinski definition) is 5. The van der Waals surface area contributed by atoms with Crippen LogP contribution in [0.1, 0.15) is 17.2 Å². The number of rotatable bonds is 4. The quantitative estimate of drug-likeness (QED) is 0.883. The molecule has 2 rings (SSSR count). The molecule has 0 fully saturated rings. The molecule has 5 nitrogen and oxygen atoms in total. The van der Waals surface area contributed by atoms with Crippen molar-refractivity contribution in [2.75, 3.05) is 12.8 Å². The molecule has 1 heterocycles. The highest BCUT2D eigenvalue weighted by atomic mass is 16.5. The van der Waals surface area contributed by atoms with Gasteiger partial charge in [0.25, 0.3) is 0 Å². The molecule has 2 aromatic rings. The Morgan fingerprint density at radius 2 is 1.89 bits per heavy atom. The number of anilines is 1. The predicted octanol–water partition coefficient (Wildman–Crippen LogP) is 1.56. The maximum absolute atomic E-state index is 5.60. The lowest BCUT2D eigenvalue weighted by Gasteiger charge is -2.07. The number of nitrogen functional groups attached to an aromatic ring is 1. The van der Waals surface area contributed by atoms with Gasteiger partial charge in [-0.25, -0.2) is 4.98 Å². The van der Waals surface area contributed by atoms with E-state index in [4.69, 9.17) is 10.5 Å². The Balaban J connectivity index is 2.11. The van der Waals surface area contributed by atoms with E-state index < -0.39 is 0 Å². The zero-order chi connectivity index (χ0) is 13.0. The third-order valence-electron chi connectivity index (χ3n) is 2.62. The van der Waals surface area contributed by atoms with Gasteiger partial charge in [0.05, 0.1) is 7.11 Å². The molecular formula is C13H16N4O. The molecule has 0 saturated carbocycles. The zero-order valence-corrected chi connectivity index (χ0v) is 10.6. The molecule has 2 N–H and O–H groups in total. The molecule has 0 aliphatic carbocycles. The van der Waals surface area contributed by atoms with Gasteiger partial charge in [0, 0.05) is 6.42 Å². The van der Waals surface area contributed by atoms with Gasteiger partial charge in [-0.1, -0.05) is 18.2 Å². The van der Waals surface area contributed by atoms with Crippen LogP contribution in [0.2, 0.25) is 0 Å². The van der Waals surface area contributed by atoms with Crippen LogP contribution < -0.4 is 10.5 Å². The van der Waals surface area contributed by atoms with E-state index >= 15 is 0 Å². The summed E-state index contributed by atoms with van der Waals surface area (Å²) >= 11 is 0. The maximum Gasteiger partial charge on any atom is 0.223 e. The van der Waals surface area contributed by atoms with Crippen LogP contribution in [0.5, 0.6) is 5.75 Å². The van der Waals surface area contributed by atoms with Crippen LogP contribution in [-0.2, 0) is 12.8 Å². The fourth-order valence-corrected chi connectivity index (χ4v) is 1.83. The van der Waals surface area contributed by atoms with E-state index in [1.807, 2.05) is 31.2 Å². The van der Waals surface area contributed by atoms with Gasteiger partial charge < -0.3 is 10.5 Å². The molecule has 1 aromatic carbocycles. The van der Waals surface area contributed by atoms with Crippen molar-refractivity contribution in [2.45, 2.75) is 19.8 Å². The van der Waals surface area contributed by atoms with Gasteiger partial charge >= 0.3 is 0 Å². The molecule has 0 aliphatic heterocycles. The number of hydrogen-bond donors (Lipinski definition) is 1. The van der Waals surface area contributed by atoms with Gasteiger partial charge in [-0.15, -0.1) is 0 Å². The average molecular weight is 244 g/mol. The van der Waals surface area contributed by atoms with Crippen molar-refractivity contribution in [1.82, 2.24) is 15.0 Å². The fourth-order valence-electron chi connectivity index (χ4n) is 1.83. The number of nitrogens with two attached hydrogens (primary N) is 1. The summed E-state index contributed by atoms with van der Waals surface area (Å²) in [5.74, 6) is 2.53. The Bertz CT molecular complexity index is 522. The summed E-state index contributed by atoms with van der Waals surface area (Å²) in [6, 6.07) is 7.93. The Hall–Kier alpha value is -2.17. The Morgan fingerprint density at radius 3 is 2.61 bits per heavy atom. The maximum atomic E-state index is 5.60. The molecule has 0 spiro atoms. The van der Waals surface area contributed by atoms with E-state index in [-0.39, 0.29) is 5.95 Å². The summed E-state index contributed by atoms with van der Waals surface area (Å²) in [5, 5.41) is 0. The van der Waals surface area contributed by atoms with Crippen molar-refractivity contribution in [1.29, 1.82) is 0 Å². The molecule has 18 heavy (non-hydrogen) atoms. The summed E-state index contributed by atoms with van der Waals surface area (Å²) < 4.78 is 5.30. The van der Waals surface area contributed by atoms with E-state index in [0.717, 1.165) is 17.7 Å². The molecule has 1 aromatic heterocycles. The van der Waals surface area contributed by atoms with Crippen molar-refractivity contribution in [3.8, 4) is 5.75 Å². The summed E-state index contributed by atoms with van der Waals surface area (Å²) in [6.45, 7) is 1.81. The van der Waals surface area contributed by atoms with Crippen molar-refractivity contribution in [3.05, 3.63) is 41.5 Å².